The van der Waals surface area contributed by atoms with E-state index in [0.29, 0.717) is 0 Å². The molecule has 1 atom stereocenters. The van der Waals surface area contributed by atoms with E-state index in [1.807, 2.05) is 13.8 Å². The molecule has 0 radical (unpaired) electrons. The van der Waals surface area contributed by atoms with Crippen molar-refractivity contribution in [3.05, 3.63) is 0 Å². The second-order valence-corrected chi connectivity index (χ2v) is 5.29. The highest BCUT2D eigenvalue weighted by Gasteiger charge is 2.49. The molecule has 0 saturated heterocycles. The Kier molecular flexibility index (Phi) is 4.59. The Morgan fingerprint density at radius 3 is 2.22 bits per heavy atom. The Labute approximate surface area is 109 Å². The molecular formula is C13H24N2O3. The highest BCUT2D eigenvalue weighted by molar-refractivity contribution is 5.86. The summed E-state index contributed by atoms with van der Waals surface area (Å²) in [5, 5.41) is 12.0. The second-order valence-electron chi connectivity index (χ2n) is 5.29. The van der Waals surface area contributed by atoms with Crippen LogP contribution < -0.4 is 5.32 Å². The third kappa shape index (κ3) is 2.94. The van der Waals surface area contributed by atoms with E-state index < -0.39 is 11.5 Å². The third-order valence-corrected chi connectivity index (χ3v) is 4.02. The number of carboxylic acids is 1. The van der Waals surface area contributed by atoms with Crippen LogP contribution in [0.2, 0.25) is 0 Å². The Bertz CT molecular complexity index is 324. The molecule has 0 spiro atoms. The van der Waals surface area contributed by atoms with Gasteiger partial charge in [0.2, 0.25) is 0 Å². The van der Waals surface area contributed by atoms with Gasteiger partial charge in [0.25, 0.3) is 0 Å². The molecule has 1 saturated carbocycles. The summed E-state index contributed by atoms with van der Waals surface area (Å²) in [6, 6.07) is -0.136. The van der Waals surface area contributed by atoms with Gasteiger partial charge in [-0.25, -0.2) is 9.59 Å². The molecule has 0 aromatic carbocycles. The van der Waals surface area contributed by atoms with Crippen molar-refractivity contribution in [1.82, 2.24) is 10.2 Å². The smallest absolute Gasteiger partial charge is 0.329 e. The van der Waals surface area contributed by atoms with Crippen molar-refractivity contribution in [3.8, 4) is 0 Å². The van der Waals surface area contributed by atoms with E-state index in [1.165, 1.54) is 0 Å². The molecule has 1 rings (SSSR count). The summed E-state index contributed by atoms with van der Waals surface area (Å²) < 4.78 is 0. The number of urea groups is 1. The average Bonchev–Trinajstić information content (AvgIpc) is 3.13. The molecule has 0 aliphatic heterocycles. The monoisotopic (exact) mass is 256 g/mol. The van der Waals surface area contributed by atoms with Crippen molar-refractivity contribution in [3.63, 3.8) is 0 Å². The average molecular weight is 256 g/mol. The number of carbonyl (C=O) groups excluding carboxylic acids is 1. The van der Waals surface area contributed by atoms with Gasteiger partial charge < -0.3 is 15.3 Å². The molecule has 5 nitrogen and oxygen atoms in total. The molecule has 0 heterocycles. The zero-order chi connectivity index (χ0) is 13.9. The molecule has 18 heavy (non-hydrogen) atoms. The Hall–Kier alpha value is -1.26. The zero-order valence-corrected chi connectivity index (χ0v) is 11.7. The number of carbonyl (C=O) groups is 2. The molecule has 1 aliphatic carbocycles. The topological polar surface area (TPSA) is 69.6 Å². The maximum atomic E-state index is 12.1. The normalized spacial score (nSPS) is 18.3. The molecule has 104 valence electrons. The molecule has 0 bridgehead atoms. The quantitative estimate of drug-likeness (QED) is 0.764. The van der Waals surface area contributed by atoms with Crippen LogP contribution in [-0.4, -0.2) is 40.6 Å². The fraction of sp³-hybridized carbons (Fsp3) is 0.846. The number of rotatable bonds is 6. The Balaban J connectivity index is 2.70. The van der Waals surface area contributed by atoms with Crippen LogP contribution in [-0.2, 0) is 4.79 Å². The predicted molar refractivity (Wildman–Crippen MR) is 69.4 cm³/mol. The minimum Gasteiger partial charge on any atom is -0.480 e. The van der Waals surface area contributed by atoms with E-state index in [1.54, 1.807) is 18.9 Å². The Morgan fingerprint density at radius 1 is 1.39 bits per heavy atom. The zero-order valence-electron chi connectivity index (χ0n) is 11.7. The van der Waals surface area contributed by atoms with Gasteiger partial charge in [-0.1, -0.05) is 13.8 Å². The van der Waals surface area contributed by atoms with Gasteiger partial charge in [-0.2, -0.15) is 0 Å². The van der Waals surface area contributed by atoms with Gasteiger partial charge in [-0.05, 0) is 38.5 Å². The van der Waals surface area contributed by atoms with Crippen LogP contribution in [0.25, 0.3) is 0 Å². The number of amides is 2. The standard InChI is InChI=1S/C13H24N2O3/c1-5-10(6-2)15(4)12(18)14-13(3,11(16)17)9-7-8-9/h9-10H,5-8H2,1-4H3,(H,14,18)(H,16,17). The van der Waals surface area contributed by atoms with Crippen molar-refractivity contribution in [2.75, 3.05) is 7.05 Å². The van der Waals surface area contributed by atoms with Crippen LogP contribution in [0.3, 0.4) is 0 Å². The highest BCUT2D eigenvalue weighted by Crippen LogP contribution is 2.39. The van der Waals surface area contributed by atoms with E-state index in [2.05, 4.69) is 5.32 Å². The van der Waals surface area contributed by atoms with Crippen molar-refractivity contribution in [2.24, 2.45) is 5.92 Å². The lowest BCUT2D eigenvalue weighted by atomic mass is 9.96. The van der Waals surface area contributed by atoms with E-state index in [0.717, 1.165) is 25.7 Å². The molecule has 2 N–H and O–H groups in total. The molecule has 5 heteroatoms. The first kappa shape index (κ1) is 14.8. The minimum atomic E-state index is -1.13. The van der Waals surface area contributed by atoms with Crippen molar-refractivity contribution in [1.29, 1.82) is 0 Å². The first-order chi connectivity index (χ1) is 8.36. The summed E-state index contributed by atoms with van der Waals surface area (Å²) in [6.45, 7) is 5.65. The van der Waals surface area contributed by atoms with E-state index in [4.69, 9.17) is 0 Å². The second kappa shape index (κ2) is 5.59. The minimum absolute atomic E-state index is 0.0639. The first-order valence-corrected chi connectivity index (χ1v) is 6.65. The van der Waals surface area contributed by atoms with Crippen LogP contribution in [0.4, 0.5) is 4.79 Å². The summed E-state index contributed by atoms with van der Waals surface area (Å²) in [7, 11) is 1.72. The predicted octanol–water partition coefficient (Wildman–Crippen LogP) is 2.07. The summed E-state index contributed by atoms with van der Waals surface area (Å²) in [5.74, 6) is -0.884. The number of nitrogens with one attached hydrogen (secondary N) is 1. The van der Waals surface area contributed by atoms with E-state index in [9.17, 15) is 14.7 Å². The molecule has 1 fully saturated rings. The summed E-state index contributed by atoms with van der Waals surface area (Å²) in [6.07, 6.45) is 3.48. The number of hydrogen-bond donors (Lipinski definition) is 2. The van der Waals surface area contributed by atoms with Crippen LogP contribution >= 0.6 is 0 Å². The summed E-state index contributed by atoms with van der Waals surface area (Å²) in [4.78, 5) is 25.1. The molecule has 0 aromatic heterocycles. The van der Waals surface area contributed by atoms with E-state index in [-0.39, 0.29) is 18.0 Å². The van der Waals surface area contributed by atoms with E-state index >= 15 is 0 Å². The molecule has 2 amide bonds. The van der Waals surface area contributed by atoms with Gasteiger partial charge in [-0.15, -0.1) is 0 Å². The lowest BCUT2D eigenvalue weighted by molar-refractivity contribution is -0.144. The van der Waals surface area contributed by atoms with Gasteiger partial charge in [0.1, 0.15) is 5.54 Å². The number of nitrogens with zero attached hydrogens (tertiary/aromatic N) is 1. The molecular weight excluding hydrogens is 232 g/mol. The number of aliphatic carboxylic acids is 1. The maximum absolute atomic E-state index is 12.1. The lowest BCUT2D eigenvalue weighted by Crippen LogP contribution is -2.58. The fourth-order valence-corrected chi connectivity index (χ4v) is 2.30. The maximum Gasteiger partial charge on any atom is 0.329 e. The highest BCUT2D eigenvalue weighted by atomic mass is 16.4. The third-order valence-electron chi connectivity index (χ3n) is 4.02. The SMILES string of the molecule is CCC(CC)N(C)C(=O)NC(C)(C(=O)O)C1CC1. The van der Waals surface area contributed by atoms with Crippen molar-refractivity contribution in [2.45, 2.75) is 58.0 Å². The molecule has 1 unspecified atom stereocenters. The van der Waals surface area contributed by atoms with Gasteiger partial charge in [-0.3, -0.25) is 0 Å². The summed E-state index contributed by atoms with van der Waals surface area (Å²) >= 11 is 0. The lowest BCUT2D eigenvalue weighted by Gasteiger charge is -2.32. The first-order valence-electron chi connectivity index (χ1n) is 6.65. The van der Waals surface area contributed by atoms with Crippen LogP contribution in [0.15, 0.2) is 0 Å². The molecule has 0 aromatic rings. The van der Waals surface area contributed by atoms with Crippen LogP contribution in [0.5, 0.6) is 0 Å². The van der Waals surface area contributed by atoms with Gasteiger partial charge >= 0.3 is 12.0 Å². The van der Waals surface area contributed by atoms with Crippen molar-refractivity contribution >= 4 is 12.0 Å². The van der Waals surface area contributed by atoms with Crippen molar-refractivity contribution < 1.29 is 14.7 Å². The van der Waals surface area contributed by atoms with Crippen LogP contribution in [0, 0.1) is 5.92 Å². The van der Waals surface area contributed by atoms with Gasteiger partial charge in [0, 0.05) is 13.1 Å². The Morgan fingerprint density at radius 2 is 1.89 bits per heavy atom. The number of hydrogen-bond acceptors (Lipinski definition) is 2. The van der Waals surface area contributed by atoms with Crippen LogP contribution in [0.1, 0.15) is 46.5 Å². The summed E-state index contributed by atoms with van der Waals surface area (Å²) in [5.41, 5.74) is -1.13. The van der Waals surface area contributed by atoms with Gasteiger partial charge in [0.15, 0.2) is 0 Å². The molecule has 1 aliphatic rings. The fourth-order valence-electron chi connectivity index (χ4n) is 2.30. The largest absolute Gasteiger partial charge is 0.480 e. The van der Waals surface area contributed by atoms with Gasteiger partial charge in [0.05, 0.1) is 0 Å². The number of carboxylic acid groups (broad SMARTS) is 1.